The summed E-state index contributed by atoms with van der Waals surface area (Å²) in [5.74, 6) is -1.44. The van der Waals surface area contributed by atoms with Gasteiger partial charge in [-0.05, 0) is 49.6 Å². The summed E-state index contributed by atoms with van der Waals surface area (Å²) >= 11 is 12.2. The smallest absolute Gasteiger partial charge is 0.269 e. The van der Waals surface area contributed by atoms with Crippen molar-refractivity contribution in [3.63, 3.8) is 0 Å². The van der Waals surface area contributed by atoms with Gasteiger partial charge in [-0.2, -0.15) is 0 Å². The van der Waals surface area contributed by atoms with Gasteiger partial charge in [0.05, 0.1) is 15.6 Å². The Labute approximate surface area is 221 Å². The third-order valence-corrected chi connectivity index (χ3v) is 8.74. The zero-order valence-electron chi connectivity index (χ0n) is 20.3. The lowest BCUT2D eigenvalue weighted by atomic mass is 10.1. The average molecular weight is 554 g/mol. The van der Waals surface area contributed by atoms with Crippen LogP contribution in [0.5, 0.6) is 0 Å². The largest absolute Gasteiger partial charge is 0.352 e. The van der Waals surface area contributed by atoms with Gasteiger partial charge in [0.2, 0.25) is 11.8 Å². The SMILES string of the molecule is CCC(C)NC(=O)C(CC)N(Cc1ccc(Cl)c(Cl)c1)C(=O)CCN1C(=O)c2ccccc2S1(=O)=O. The van der Waals surface area contributed by atoms with E-state index in [1.54, 1.807) is 37.3 Å². The molecule has 1 aliphatic rings. The minimum Gasteiger partial charge on any atom is -0.352 e. The summed E-state index contributed by atoms with van der Waals surface area (Å²) in [5, 5.41) is 3.58. The maximum atomic E-state index is 13.5. The Bertz CT molecular complexity index is 1270. The molecule has 2 aromatic carbocycles. The van der Waals surface area contributed by atoms with E-state index in [9.17, 15) is 22.8 Å². The highest BCUT2D eigenvalue weighted by Crippen LogP contribution is 2.30. The molecule has 0 radical (unpaired) electrons. The first kappa shape index (κ1) is 28.0. The maximum absolute atomic E-state index is 13.5. The van der Waals surface area contributed by atoms with Crippen LogP contribution in [0.1, 0.15) is 56.0 Å². The van der Waals surface area contributed by atoms with Crippen LogP contribution in [0.4, 0.5) is 0 Å². The number of rotatable bonds is 10. The molecule has 0 bridgehead atoms. The van der Waals surface area contributed by atoms with Gasteiger partial charge >= 0.3 is 0 Å². The molecule has 1 heterocycles. The van der Waals surface area contributed by atoms with Gasteiger partial charge in [0.25, 0.3) is 15.9 Å². The Hall–Kier alpha value is -2.62. The van der Waals surface area contributed by atoms with Crippen molar-refractivity contribution in [3.8, 4) is 0 Å². The number of carbonyl (C=O) groups is 3. The van der Waals surface area contributed by atoms with Gasteiger partial charge in [-0.1, -0.05) is 55.2 Å². The van der Waals surface area contributed by atoms with E-state index in [2.05, 4.69) is 5.32 Å². The normalized spacial score (nSPS) is 15.8. The van der Waals surface area contributed by atoms with Crippen molar-refractivity contribution >= 4 is 50.9 Å². The number of nitrogens with one attached hydrogen (secondary N) is 1. The van der Waals surface area contributed by atoms with Crippen LogP contribution in [0.3, 0.4) is 0 Å². The standard InChI is InChI=1S/C25H29Cl2N3O5S/c1-4-16(3)28-24(32)21(5-2)29(15-17-10-11-19(26)20(27)14-17)23(31)12-13-30-25(33)18-8-6-7-9-22(18)36(30,34)35/h6-11,14,16,21H,4-5,12-13,15H2,1-3H3,(H,28,32). The molecule has 2 atom stereocenters. The average Bonchev–Trinajstić information content (AvgIpc) is 3.04. The number of amides is 3. The Morgan fingerprint density at radius 3 is 2.36 bits per heavy atom. The molecular formula is C25H29Cl2N3O5S. The lowest BCUT2D eigenvalue weighted by Crippen LogP contribution is -2.51. The number of sulfonamides is 1. The van der Waals surface area contributed by atoms with Crippen molar-refractivity contribution in [3.05, 3.63) is 63.6 Å². The second-order valence-corrected chi connectivity index (χ2v) is 11.3. The van der Waals surface area contributed by atoms with Crippen LogP contribution < -0.4 is 5.32 Å². The van der Waals surface area contributed by atoms with Crippen LogP contribution in [0.15, 0.2) is 47.4 Å². The van der Waals surface area contributed by atoms with Crippen LogP contribution in [-0.4, -0.2) is 54.0 Å². The van der Waals surface area contributed by atoms with E-state index >= 15 is 0 Å². The molecule has 0 fully saturated rings. The van der Waals surface area contributed by atoms with Crippen LogP contribution >= 0.6 is 23.2 Å². The van der Waals surface area contributed by atoms with Crippen molar-refractivity contribution in [2.75, 3.05) is 6.54 Å². The molecule has 2 aromatic rings. The second kappa shape index (κ2) is 11.6. The molecule has 36 heavy (non-hydrogen) atoms. The molecule has 3 rings (SSSR count). The molecule has 2 unspecified atom stereocenters. The lowest BCUT2D eigenvalue weighted by Gasteiger charge is -2.32. The number of benzene rings is 2. The molecule has 0 aromatic heterocycles. The first-order valence-electron chi connectivity index (χ1n) is 11.7. The topological polar surface area (TPSA) is 104 Å². The predicted molar refractivity (Wildman–Crippen MR) is 138 cm³/mol. The van der Waals surface area contributed by atoms with Gasteiger partial charge < -0.3 is 10.2 Å². The molecule has 1 N–H and O–H groups in total. The zero-order chi connectivity index (χ0) is 26.6. The number of hydrogen-bond acceptors (Lipinski definition) is 5. The van der Waals surface area contributed by atoms with E-state index in [1.807, 2.05) is 13.8 Å². The Morgan fingerprint density at radius 2 is 1.75 bits per heavy atom. The van der Waals surface area contributed by atoms with Gasteiger partial charge in [-0.25, -0.2) is 12.7 Å². The summed E-state index contributed by atoms with van der Waals surface area (Å²) in [5.41, 5.74) is 0.738. The Balaban J connectivity index is 1.85. The van der Waals surface area contributed by atoms with Crippen LogP contribution in [0, 0.1) is 0 Å². The highest BCUT2D eigenvalue weighted by molar-refractivity contribution is 7.90. The minimum absolute atomic E-state index is 0.0586. The fourth-order valence-electron chi connectivity index (χ4n) is 3.99. The molecule has 1 aliphatic heterocycles. The Morgan fingerprint density at radius 1 is 1.06 bits per heavy atom. The monoisotopic (exact) mass is 553 g/mol. The molecule has 0 saturated heterocycles. The first-order valence-corrected chi connectivity index (χ1v) is 13.9. The highest BCUT2D eigenvalue weighted by atomic mass is 35.5. The molecule has 8 nitrogen and oxygen atoms in total. The Kier molecular flexibility index (Phi) is 9.03. The van der Waals surface area contributed by atoms with Crippen LogP contribution in [0.25, 0.3) is 0 Å². The predicted octanol–water partition coefficient (Wildman–Crippen LogP) is 4.25. The molecular weight excluding hydrogens is 525 g/mol. The third kappa shape index (κ3) is 5.85. The van der Waals surface area contributed by atoms with Crippen LogP contribution in [-0.2, 0) is 26.2 Å². The molecule has 11 heteroatoms. The lowest BCUT2D eigenvalue weighted by molar-refractivity contribution is -0.141. The van der Waals surface area contributed by atoms with E-state index in [-0.39, 0.29) is 41.9 Å². The number of nitrogens with zero attached hydrogens (tertiary/aromatic N) is 2. The number of carbonyl (C=O) groups excluding carboxylic acids is 3. The zero-order valence-corrected chi connectivity index (χ0v) is 22.7. The van der Waals surface area contributed by atoms with E-state index in [1.165, 1.54) is 17.0 Å². The molecule has 194 valence electrons. The quantitative estimate of drug-likeness (QED) is 0.473. The van der Waals surface area contributed by atoms with Crippen molar-refractivity contribution in [1.82, 2.24) is 14.5 Å². The summed E-state index contributed by atoms with van der Waals surface area (Å²) in [4.78, 5) is 40.6. The minimum atomic E-state index is -4.05. The molecule has 3 amide bonds. The fraction of sp³-hybridized carbons (Fsp3) is 0.400. The summed E-state index contributed by atoms with van der Waals surface area (Å²) in [6, 6.07) is 9.99. The van der Waals surface area contributed by atoms with Crippen molar-refractivity contribution in [2.24, 2.45) is 0 Å². The van der Waals surface area contributed by atoms with Gasteiger partial charge in [0.15, 0.2) is 0 Å². The third-order valence-electron chi connectivity index (χ3n) is 6.16. The molecule has 0 spiro atoms. The van der Waals surface area contributed by atoms with E-state index < -0.39 is 27.9 Å². The summed E-state index contributed by atoms with van der Waals surface area (Å²) in [7, 11) is -4.05. The van der Waals surface area contributed by atoms with Crippen LogP contribution in [0.2, 0.25) is 10.0 Å². The van der Waals surface area contributed by atoms with Crippen molar-refractivity contribution in [1.29, 1.82) is 0 Å². The fourth-order valence-corrected chi connectivity index (χ4v) is 5.88. The first-order chi connectivity index (χ1) is 17.0. The number of hydrogen-bond donors (Lipinski definition) is 1. The maximum Gasteiger partial charge on any atom is 0.269 e. The molecule has 0 saturated carbocycles. The van der Waals surface area contributed by atoms with E-state index in [0.717, 1.165) is 6.42 Å². The van der Waals surface area contributed by atoms with Gasteiger partial charge in [0, 0.05) is 25.6 Å². The van der Waals surface area contributed by atoms with Crippen molar-refractivity contribution < 1.29 is 22.8 Å². The van der Waals surface area contributed by atoms with E-state index in [0.29, 0.717) is 26.3 Å². The highest BCUT2D eigenvalue weighted by Gasteiger charge is 2.41. The number of halogens is 2. The van der Waals surface area contributed by atoms with Gasteiger partial charge in [0.1, 0.15) is 10.9 Å². The van der Waals surface area contributed by atoms with Gasteiger partial charge in [-0.15, -0.1) is 0 Å². The second-order valence-electron chi connectivity index (χ2n) is 8.64. The van der Waals surface area contributed by atoms with Crippen molar-refractivity contribution in [2.45, 2.75) is 63.6 Å². The summed E-state index contributed by atoms with van der Waals surface area (Å²) in [6.07, 6.45) is 0.771. The van der Waals surface area contributed by atoms with E-state index in [4.69, 9.17) is 23.2 Å². The number of fused-ring (bicyclic) bond motifs is 1. The summed E-state index contributed by atoms with van der Waals surface area (Å²) in [6.45, 7) is 5.33. The van der Waals surface area contributed by atoms with Gasteiger partial charge in [-0.3, -0.25) is 14.4 Å². The molecule has 0 aliphatic carbocycles. The summed E-state index contributed by atoms with van der Waals surface area (Å²) < 4.78 is 26.5.